The molecule has 31 heavy (non-hydrogen) atoms. The summed E-state index contributed by atoms with van der Waals surface area (Å²) in [6, 6.07) is 8.00. The van der Waals surface area contributed by atoms with Gasteiger partial charge in [-0.1, -0.05) is 46.4 Å². The molecule has 164 valence electrons. The van der Waals surface area contributed by atoms with E-state index in [1.54, 1.807) is 36.0 Å². The zero-order chi connectivity index (χ0) is 22.5. The Morgan fingerprint density at radius 2 is 1.61 bits per heavy atom. The summed E-state index contributed by atoms with van der Waals surface area (Å²) in [6.07, 6.45) is 0. The number of carbonyl (C=O) groups is 2. The topological polar surface area (TPSA) is 58.2 Å². The van der Waals surface area contributed by atoms with Crippen LogP contribution in [0.5, 0.6) is 0 Å². The Morgan fingerprint density at radius 1 is 0.968 bits per heavy atom. The summed E-state index contributed by atoms with van der Waals surface area (Å²) in [5, 5.41) is 6.68. The summed E-state index contributed by atoms with van der Waals surface area (Å²) in [5.41, 5.74) is 1.30. The Hall–Kier alpha value is -0.530. The van der Waals surface area contributed by atoms with Gasteiger partial charge < -0.3 is 10.6 Å². The predicted octanol–water partition coefficient (Wildman–Crippen LogP) is 6.67. The maximum atomic E-state index is 12.9. The maximum absolute atomic E-state index is 12.9. The molecule has 2 atom stereocenters. The van der Waals surface area contributed by atoms with Gasteiger partial charge in [0.25, 0.3) is 5.91 Å². The lowest BCUT2D eigenvalue weighted by Gasteiger charge is -2.26. The average molecular weight is 559 g/mol. The fourth-order valence-corrected chi connectivity index (χ4v) is 5.68. The lowest BCUT2D eigenvalue weighted by molar-refractivity contribution is -0.117. The van der Waals surface area contributed by atoms with Crippen molar-refractivity contribution in [3.8, 4) is 0 Å². The summed E-state index contributed by atoms with van der Waals surface area (Å²) < 4.78 is -1.33. The quantitative estimate of drug-likeness (QED) is 0.318. The van der Waals surface area contributed by atoms with Crippen molar-refractivity contribution in [3.63, 3.8) is 0 Å². The second-order valence-electron chi connectivity index (χ2n) is 7.32. The predicted molar refractivity (Wildman–Crippen MR) is 131 cm³/mol. The van der Waals surface area contributed by atoms with Crippen molar-refractivity contribution in [2.24, 2.45) is 5.92 Å². The molecule has 1 saturated carbocycles. The Bertz CT molecular complexity index is 1050. The summed E-state index contributed by atoms with van der Waals surface area (Å²) in [6.45, 7) is 0. The number of hydrogen-bond donors (Lipinski definition) is 2. The second-order valence-corrected chi connectivity index (χ2v) is 11.4. The number of anilines is 1. The number of carbonyl (C=O) groups excluding carboxylic acids is 2. The first kappa shape index (κ1) is 23.6. The van der Waals surface area contributed by atoms with Crippen molar-refractivity contribution in [2.45, 2.75) is 16.3 Å². The highest BCUT2D eigenvalue weighted by Crippen LogP contribution is 2.65. The molecule has 2 aliphatic rings. The van der Waals surface area contributed by atoms with Crippen LogP contribution in [0.1, 0.15) is 21.8 Å². The molecule has 0 bridgehead atoms. The summed E-state index contributed by atoms with van der Waals surface area (Å²) in [4.78, 5) is 25.4. The van der Waals surface area contributed by atoms with Gasteiger partial charge in [0.2, 0.25) is 5.91 Å². The molecule has 11 heteroatoms. The van der Waals surface area contributed by atoms with Gasteiger partial charge in [0.05, 0.1) is 31.6 Å². The number of rotatable bonds is 5. The zero-order valence-electron chi connectivity index (χ0n) is 15.5. The highest BCUT2D eigenvalue weighted by molar-refractivity contribution is 8.00. The van der Waals surface area contributed by atoms with Crippen LogP contribution in [0, 0.1) is 5.92 Å². The van der Waals surface area contributed by atoms with Gasteiger partial charge >= 0.3 is 0 Å². The third-order valence-corrected chi connectivity index (χ3v) is 8.90. The SMILES string of the molecule is O=C(NC1CSC1)c1cc(NC(=O)[C@H]2[C@H](c3cc(Cl)c(Cl)c(Cl)c3)C2(Cl)Cl)ccc1Cl. The standard InChI is InChI=1S/C20H14Cl6N2O2S/c21-12-2-1-9(5-11(12)18(29)28-10-6-31-7-10)27-19(30)16-15(20(16,25)26)8-3-13(22)17(24)14(23)4-8/h1-5,10,15-16H,6-7H2,(H,27,30)(H,28,29)/t15-,16+/m0/s1. The van der Waals surface area contributed by atoms with Crippen LogP contribution < -0.4 is 10.6 Å². The Labute approximate surface area is 213 Å². The minimum Gasteiger partial charge on any atom is -0.348 e. The van der Waals surface area contributed by atoms with Crippen LogP contribution in [0.3, 0.4) is 0 Å². The van der Waals surface area contributed by atoms with Crippen LogP contribution in [0.2, 0.25) is 20.1 Å². The molecule has 0 spiro atoms. The molecular weight excluding hydrogens is 545 g/mol. The van der Waals surface area contributed by atoms with Crippen molar-refractivity contribution < 1.29 is 9.59 Å². The van der Waals surface area contributed by atoms with E-state index >= 15 is 0 Å². The Morgan fingerprint density at radius 3 is 2.19 bits per heavy atom. The first-order valence-electron chi connectivity index (χ1n) is 9.11. The van der Waals surface area contributed by atoms with Gasteiger partial charge in [-0.25, -0.2) is 0 Å². The van der Waals surface area contributed by atoms with E-state index in [1.165, 1.54) is 6.07 Å². The molecule has 0 aromatic heterocycles. The normalized spacial score (nSPS) is 21.9. The molecule has 2 aromatic carbocycles. The van der Waals surface area contributed by atoms with E-state index in [0.29, 0.717) is 16.3 Å². The number of nitrogens with one attached hydrogen (secondary N) is 2. The number of hydrogen-bond acceptors (Lipinski definition) is 3. The zero-order valence-corrected chi connectivity index (χ0v) is 20.9. The highest BCUT2D eigenvalue weighted by Gasteiger charge is 2.67. The molecule has 0 unspecified atom stereocenters. The van der Waals surface area contributed by atoms with E-state index in [1.807, 2.05) is 0 Å². The molecule has 4 nitrogen and oxygen atoms in total. The van der Waals surface area contributed by atoms with Crippen LogP contribution in [-0.4, -0.2) is 33.7 Å². The summed E-state index contributed by atoms with van der Waals surface area (Å²) in [7, 11) is 0. The van der Waals surface area contributed by atoms with E-state index < -0.39 is 22.1 Å². The first-order valence-corrected chi connectivity index (χ1v) is 12.5. The number of benzene rings is 2. The summed E-state index contributed by atoms with van der Waals surface area (Å²) >= 11 is 38.9. The molecule has 4 rings (SSSR count). The molecule has 1 saturated heterocycles. The van der Waals surface area contributed by atoms with Crippen LogP contribution in [0.15, 0.2) is 30.3 Å². The first-order chi connectivity index (χ1) is 14.6. The molecule has 2 amide bonds. The van der Waals surface area contributed by atoms with E-state index in [4.69, 9.17) is 69.6 Å². The number of alkyl halides is 2. The molecule has 1 aliphatic heterocycles. The second kappa shape index (κ2) is 9.02. The fraction of sp³-hybridized carbons (Fsp3) is 0.300. The van der Waals surface area contributed by atoms with Gasteiger partial charge in [-0.05, 0) is 35.9 Å². The third kappa shape index (κ3) is 4.74. The van der Waals surface area contributed by atoms with Crippen molar-refractivity contribution in [1.82, 2.24) is 5.32 Å². The lowest BCUT2D eigenvalue weighted by Crippen LogP contribution is -2.43. The van der Waals surface area contributed by atoms with Crippen molar-refractivity contribution in [3.05, 3.63) is 61.5 Å². The minimum absolute atomic E-state index is 0.130. The minimum atomic E-state index is -1.33. The fourth-order valence-electron chi connectivity index (χ4n) is 3.40. The lowest BCUT2D eigenvalue weighted by atomic mass is 10.1. The Kier molecular flexibility index (Phi) is 6.87. The third-order valence-electron chi connectivity index (χ3n) is 5.15. The van der Waals surface area contributed by atoms with Gasteiger partial charge in [-0.15, -0.1) is 23.2 Å². The smallest absolute Gasteiger partial charge is 0.253 e. The number of thioether (sulfide) groups is 1. The molecule has 2 aromatic rings. The largest absolute Gasteiger partial charge is 0.348 e. The van der Waals surface area contributed by atoms with Crippen molar-refractivity contribution in [2.75, 3.05) is 16.8 Å². The van der Waals surface area contributed by atoms with Crippen molar-refractivity contribution >= 4 is 98.9 Å². The number of amides is 2. The van der Waals surface area contributed by atoms with E-state index in [9.17, 15) is 9.59 Å². The molecule has 2 fully saturated rings. The van der Waals surface area contributed by atoms with Crippen LogP contribution in [-0.2, 0) is 4.79 Å². The molecule has 0 radical (unpaired) electrons. The van der Waals surface area contributed by atoms with Crippen molar-refractivity contribution in [1.29, 1.82) is 0 Å². The maximum Gasteiger partial charge on any atom is 0.253 e. The van der Waals surface area contributed by atoms with Crippen LogP contribution >= 0.6 is 81.4 Å². The number of halogens is 6. The van der Waals surface area contributed by atoms with Crippen LogP contribution in [0.25, 0.3) is 0 Å². The van der Waals surface area contributed by atoms with Gasteiger partial charge in [0.1, 0.15) is 4.33 Å². The molecule has 1 heterocycles. The van der Waals surface area contributed by atoms with Gasteiger partial charge in [-0.2, -0.15) is 11.8 Å². The summed E-state index contributed by atoms with van der Waals surface area (Å²) in [5.74, 6) is -0.214. The van der Waals surface area contributed by atoms with Crippen LogP contribution in [0.4, 0.5) is 5.69 Å². The van der Waals surface area contributed by atoms with Gasteiger partial charge in [0.15, 0.2) is 0 Å². The van der Waals surface area contributed by atoms with E-state index in [-0.39, 0.29) is 32.6 Å². The van der Waals surface area contributed by atoms with E-state index in [0.717, 1.165) is 11.5 Å². The highest BCUT2D eigenvalue weighted by atomic mass is 35.5. The average Bonchev–Trinajstić information content (AvgIpc) is 3.26. The molecule has 2 N–H and O–H groups in total. The van der Waals surface area contributed by atoms with Gasteiger partial charge in [0, 0.05) is 29.2 Å². The molecular formula is C20H14Cl6N2O2S. The van der Waals surface area contributed by atoms with E-state index in [2.05, 4.69) is 10.6 Å². The molecule has 1 aliphatic carbocycles. The van der Waals surface area contributed by atoms with Gasteiger partial charge in [-0.3, -0.25) is 9.59 Å². The monoisotopic (exact) mass is 556 g/mol. The Balaban J connectivity index is 1.50.